The summed E-state index contributed by atoms with van der Waals surface area (Å²) in [4.78, 5) is 13.9. The Bertz CT molecular complexity index is 1420. The van der Waals surface area contributed by atoms with E-state index in [1.807, 2.05) is 19.2 Å². The van der Waals surface area contributed by atoms with Crippen LogP contribution in [-0.2, 0) is 17.8 Å². The van der Waals surface area contributed by atoms with Crippen molar-refractivity contribution < 1.29 is 9.84 Å². The van der Waals surface area contributed by atoms with Gasteiger partial charge in [0.15, 0.2) is 5.82 Å². The molecule has 0 bridgehead atoms. The number of rotatable bonds is 8. The molecule has 5 heterocycles. The van der Waals surface area contributed by atoms with E-state index in [1.54, 1.807) is 10.9 Å². The number of hydrogen-bond acceptors (Lipinski definition) is 8. The number of nitrogens with one attached hydrogen (secondary N) is 1. The second-order valence-electron chi connectivity index (χ2n) is 10.7. The molecule has 2 aliphatic heterocycles. The van der Waals surface area contributed by atoms with E-state index in [0.29, 0.717) is 30.9 Å². The fraction of sp³-hybridized carbons (Fsp3) is 0.464. The zero-order valence-corrected chi connectivity index (χ0v) is 22.3. The predicted octanol–water partition coefficient (Wildman–Crippen LogP) is 3.26. The number of aliphatic hydroxyl groups excluding tert-OH is 1. The summed E-state index contributed by atoms with van der Waals surface area (Å²) in [6, 6.07) is 8.72. The summed E-state index contributed by atoms with van der Waals surface area (Å²) in [5.41, 5.74) is 5.61. The van der Waals surface area contributed by atoms with E-state index in [2.05, 4.69) is 68.0 Å². The number of nitrogens with zero attached hydrogens (tertiary/aromatic N) is 7. The third-order valence-electron chi connectivity index (χ3n) is 7.43. The van der Waals surface area contributed by atoms with Crippen LogP contribution in [0.4, 0.5) is 11.6 Å². The third kappa shape index (κ3) is 5.17. The molecule has 6 rings (SSSR count). The number of aliphatic hydroxyl groups is 1. The highest BCUT2D eigenvalue weighted by molar-refractivity contribution is 5.88. The number of likely N-dealkylation sites (tertiary alicyclic amines) is 1. The van der Waals surface area contributed by atoms with E-state index < -0.39 is 0 Å². The quantitative estimate of drug-likeness (QED) is 0.369. The van der Waals surface area contributed by atoms with Crippen LogP contribution in [0.3, 0.4) is 0 Å². The highest BCUT2D eigenvalue weighted by Gasteiger charge is 2.25. The molecule has 38 heavy (non-hydrogen) atoms. The zero-order chi connectivity index (χ0) is 26.2. The summed E-state index contributed by atoms with van der Waals surface area (Å²) in [5, 5.41) is 18.9. The van der Waals surface area contributed by atoms with Gasteiger partial charge in [-0.1, -0.05) is 0 Å². The van der Waals surface area contributed by atoms with Crippen LogP contribution < -0.4 is 5.32 Å². The van der Waals surface area contributed by atoms with Crippen LogP contribution in [0.5, 0.6) is 0 Å². The van der Waals surface area contributed by atoms with Crippen molar-refractivity contribution in [1.29, 1.82) is 0 Å². The van der Waals surface area contributed by atoms with Gasteiger partial charge >= 0.3 is 0 Å². The number of aromatic nitrogens is 5. The van der Waals surface area contributed by atoms with Crippen molar-refractivity contribution in [2.24, 2.45) is 0 Å². The van der Waals surface area contributed by atoms with Crippen LogP contribution in [0.1, 0.15) is 36.7 Å². The number of fused-ring (bicyclic) bond motifs is 1. The molecule has 0 atom stereocenters. The van der Waals surface area contributed by atoms with Gasteiger partial charge in [0.1, 0.15) is 0 Å². The Morgan fingerprint density at radius 2 is 1.84 bits per heavy atom. The number of morpholine rings is 1. The van der Waals surface area contributed by atoms with Gasteiger partial charge in [0.25, 0.3) is 0 Å². The first kappa shape index (κ1) is 25.0. The normalized spacial score (nSPS) is 17.4. The lowest BCUT2D eigenvalue weighted by Crippen LogP contribution is -2.49. The Morgan fingerprint density at radius 3 is 2.61 bits per heavy atom. The number of aryl methyl sites for hydroxylation is 1. The average Bonchev–Trinajstić information content (AvgIpc) is 3.44. The van der Waals surface area contributed by atoms with Crippen molar-refractivity contribution in [3.8, 4) is 5.82 Å². The molecule has 0 amide bonds. The van der Waals surface area contributed by atoms with Crippen LogP contribution in [0, 0.1) is 6.92 Å². The lowest BCUT2D eigenvalue weighted by Gasteiger charge is -2.35. The molecule has 4 aromatic rings. The molecule has 3 aromatic heterocycles. The van der Waals surface area contributed by atoms with E-state index in [4.69, 9.17) is 9.72 Å². The molecule has 1 aromatic carbocycles. The van der Waals surface area contributed by atoms with Crippen molar-refractivity contribution in [1.82, 2.24) is 34.1 Å². The van der Waals surface area contributed by atoms with Gasteiger partial charge in [0.2, 0.25) is 5.95 Å². The molecule has 2 N–H and O–H groups in total. The molecule has 2 aliphatic rings. The smallest absolute Gasteiger partial charge is 0.229 e. The van der Waals surface area contributed by atoms with Gasteiger partial charge in [-0.05, 0) is 44.5 Å². The summed E-state index contributed by atoms with van der Waals surface area (Å²) in [7, 11) is 0. The molecule has 10 heteroatoms. The van der Waals surface area contributed by atoms with Crippen LogP contribution in [0.2, 0.25) is 0 Å². The molecule has 10 nitrogen and oxygen atoms in total. The minimum Gasteiger partial charge on any atom is -0.390 e. The molecular weight excluding hydrogens is 480 g/mol. The number of β-amino-alcohol motifs (C(OH)–C–C–N with tert-alkyl or cyclic N) is 1. The maximum absolute atomic E-state index is 9.58. The molecule has 0 saturated carbocycles. The number of ether oxygens (including phenoxy) is 1. The summed E-state index contributed by atoms with van der Waals surface area (Å²) in [6.45, 7) is 13.1. The Hall–Kier alpha value is -3.31. The van der Waals surface area contributed by atoms with Gasteiger partial charge in [0.05, 0.1) is 25.0 Å². The Balaban J connectivity index is 1.23. The minimum absolute atomic E-state index is 0.209. The maximum atomic E-state index is 9.58. The standard InChI is InChI=1S/C28H36N8O2/c1-19(2)35-15-22(14-33-8-10-38-11-9-33)25-12-23(4-5-26(25)35)30-28-29-7-6-27(31-28)36-16-21(20(3)32-36)13-34-17-24(37)18-34/h4-7,12,15-16,19,24,37H,8-11,13-14,17-18H2,1-3H3,(H,29,30,31). The van der Waals surface area contributed by atoms with Gasteiger partial charge in [-0.15, -0.1) is 0 Å². The van der Waals surface area contributed by atoms with Crippen LogP contribution in [-0.4, -0.2) is 84.7 Å². The molecule has 0 unspecified atom stereocenters. The second-order valence-corrected chi connectivity index (χ2v) is 10.7. The Morgan fingerprint density at radius 1 is 1.05 bits per heavy atom. The fourth-order valence-corrected chi connectivity index (χ4v) is 5.30. The first-order valence-corrected chi connectivity index (χ1v) is 13.4. The Labute approximate surface area is 222 Å². The fourth-order valence-electron chi connectivity index (χ4n) is 5.30. The van der Waals surface area contributed by atoms with Crippen molar-refractivity contribution in [2.75, 3.05) is 44.7 Å². The third-order valence-corrected chi connectivity index (χ3v) is 7.43. The van der Waals surface area contributed by atoms with Gasteiger partial charge in [0, 0.05) is 92.1 Å². The van der Waals surface area contributed by atoms with Crippen molar-refractivity contribution in [3.63, 3.8) is 0 Å². The minimum atomic E-state index is -0.209. The van der Waals surface area contributed by atoms with Gasteiger partial charge in [-0.3, -0.25) is 9.80 Å². The van der Waals surface area contributed by atoms with E-state index in [1.165, 1.54) is 16.5 Å². The first-order valence-electron chi connectivity index (χ1n) is 13.4. The summed E-state index contributed by atoms with van der Waals surface area (Å²) < 4.78 is 9.70. The molecule has 200 valence electrons. The topological polar surface area (TPSA) is 96.5 Å². The number of benzene rings is 1. The summed E-state index contributed by atoms with van der Waals surface area (Å²) >= 11 is 0. The lowest BCUT2D eigenvalue weighted by molar-refractivity contribution is -0.00297. The summed E-state index contributed by atoms with van der Waals surface area (Å²) in [5.74, 6) is 1.24. The van der Waals surface area contributed by atoms with Gasteiger partial charge in [-0.2, -0.15) is 10.1 Å². The maximum Gasteiger partial charge on any atom is 0.229 e. The number of anilines is 2. The number of hydrogen-bond donors (Lipinski definition) is 2. The zero-order valence-electron chi connectivity index (χ0n) is 22.3. The van der Waals surface area contributed by atoms with Gasteiger partial charge < -0.3 is 19.7 Å². The van der Waals surface area contributed by atoms with Crippen molar-refractivity contribution in [2.45, 2.75) is 46.0 Å². The highest BCUT2D eigenvalue weighted by atomic mass is 16.5. The average molecular weight is 517 g/mol. The molecule has 2 saturated heterocycles. The van der Waals surface area contributed by atoms with E-state index >= 15 is 0 Å². The van der Waals surface area contributed by atoms with Crippen molar-refractivity contribution in [3.05, 3.63) is 59.7 Å². The molecular formula is C28H36N8O2. The largest absolute Gasteiger partial charge is 0.390 e. The van der Waals surface area contributed by atoms with E-state index in [9.17, 15) is 5.11 Å². The van der Waals surface area contributed by atoms with Gasteiger partial charge in [-0.25, -0.2) is 9.67 Å². The second kappa shape index (κ2) is 10.5. The van der Waals surface area contributed by atoms with Crippen LogP contribution in [0.25, 0.3) is 16.7 Å². The monoisotopic (exact) mass is 516 g/mol. The van der Waals surface area contributed by atoms with Crippen LogP contribution in [0.15, 0.2) is 42.9 Å². The SMILES string of the molecule is Cc1nn(-c2ccnc(Nc3ccc4c(c3)c(CN3CCOCC3)cn4C(C)C)n2)cc1CN1CC(O)C1. The highest BCUT2D eigenvalue weighted by Crippen LogP contribution is 2.30. The predicted molar refractivity (Wildman–Crippen MR) is 147 cm³/mol. The molecule has 0 spiro atoms. The molecule has 0 aliphatic carbocycles. The first-order chi connectivity index (χ1) is 18.4. The molecule has 2 fully saturated rings. The van der Waals surface area contributed by atoms with Crippen LogP contribution >= 0.6 is 0 Å². The molecule has 0 radical (unpaired) electrons. The van der Waals surface area contributed by atoms with E-state index in [-0.39, 0.29) is 6.10 Å². The van der Waals surface area contributed by atoms with Crippen molar-refractivity contribution >= 4 is 22.5 Å². The van der Waals surface area contributed by atoms with E-state index in [0.717, 1.165) is 56.3 Å². The Kier molecular flexibility index (Phi) is 6.87. The summed E-state index contributed by atoms with van der Waals surface area (Å²) in [6.07, 6.45) is 5.86. The lowest BCUT2D eigenvalue weighted by atomic mass is 10.1.